The van der Waals surface area contributed by atoms with E-state index >= 15 is 0 Å². The van der Waals surface area contributed by atoms with Crippen LogP contribution in [0.1, 0.15) is 10.4 Å². The van der Waals surface area contributed by atoms with Crippen molar-refractivity contribution in [2.24, 2.45) is 0 Å². The van der Waals surface area contributed by atoms with Gasteiger partial charge in [-0.2, -0.15) is 0 Å². The van der Waals surface area contributed by atoms with Gasteiger partial charge < -0.3 is 19.1 Å². The zero-order valence-electron chi connectivity index (χ0n) is 12.5. The molecule has 1 aliphatic heterocycles. The van der Waals surface area contributed by atoms with Gasteiger partial charge in [0, 0.05) is 30.2 Å². The third kappa shape index (κ3) is 5.12. The fraction of sp³-hybridized carbons (Fsp3) is 0.533. The Hall–Kier alpha value is -1.25. The van der Waals surface area contributed by atoms with Crippen molar-refractivity contribution in [3.63, 3.8) is 0 Å². The van der Waals surface area contributed by atoms with Crippen LogP contribution in [0.2, 0.25) is 0 Å². The van der Waals surface area contributed by atoms with Crippen LogP contribution in [0.15, 0.2) is 12.1 Å². The summed E-state index contributed by atoms with van der Waals surface area (Å²) in [7, 11) is 0. The molecule has 1 aromatic rings. The van der Waals surface area contributed by atoms with Gasteiger partial charge in [-0.15, -0.1) is 0 Å². The van der Waals surface area contributed by atoms with Gasteiger partial charge in [-0.05, 0) is 6.07 Å². The molecule has 1 saturated heterocycles. The third-order valence-electron chi connectivity index (χ3n) is 3.29. The van der Waals surface area contributed by atoms with Crippen molar-refractivity contribution < 1.29 is 27.8 Å². The number of ether oxygens (including phenoxy) is 3. The zero-order chi connectivity index (χ0) is 16.7. The van der Waals surface area contributed by atoms with E-state index in [1.165, 1.54) is 6.07 Å². The second kappa shape index (κ2) is 9.14. The Morgan fingerprint density at radius 1 is 1.22 bits per heavy atom. The molecule has 0 N–H and O–H groups in total. The lowest BCUT2D eigenvalue weighted by molar-refractivity contribution is 0.0334. The van der Waals surface area contributed by atoms with E-state index in [0.717, 1.165) is 6.07 Å². The number of carbonyl (C=O) groups is 1. The largest absolute Gasteiger partial charge is 0.460 e. The highest BCUT2D eigenvalue weighted by molar-refractivity contribution is 9.09. The molecule has 0 atom stereocenters. The highest BCUT2D eigenvalue weighted by atomic mass is 79.9. The Labute approximate surface area is 141 Å². The lowest BCUT2D eigenvalue weighted by Gasteiger charge is -2.29. The molecule has 0 spiro atoms. The second-order valence-corrected chi connectivity index (χ2v) is 5.62. The Morgan fingerprint density at radius 3 is 2.65 bits per heavy atom. The molecular weight excluding hydrogens is 376 g/mol. The third-order valence-corrected chi connectivity index (χ3v) is 3.62. The highest BCUT2D eigenvalue weighted by Gasteiger charge is 2.21. The van der Waals surface area contributed by atoms with Crippen LogP contribution < -0.4 is 4.90 Å². The van der Waals surface area contributed by atoms with Crippen molar-refractivity contribution in [3.05, 3.63) is 29.3 Å². The van der Waals surface area contributed by atoms with E-state index in [2.05, 4.69) is 15.9 Å². The minimum Gasteiger partial charge on any atom is -0.460 e. The molecule has 23 heavy (non-hydrogen) atoms. The Morgan fingerprint density at radius 2 is 1.96 bits per heavy atom. The number of rotatable bonds is 7. The molecule has 1 fully saturated rings. The molecule has 0 aliphatic carbocycles. The lowest BCUT2D eigenvalue weighted by Crippen LogP contribution is -2.36. The van der Waals surface area contributed by atoms with Crippen LogP contribution in [-0.4, -0.2) is 57.4 Å². The standard InChI is InChI=1S/C15H18BrF2NO4/c16-1-4-21-7-8-23-15(20)12-9-11(10-13(17)14(12)18)19-2-5-22-6-3-19/h9-10H,1-8H2. The second-order valence-electron chi connectivity index (χ2n) is 4.83. The summed E-state index contributed by atoms with van der Waals surface area (Å²) >= 11 is 3.19. The summed E-state index contributed by atoms with van der Waals surface area (Å²) in [5.41, 5.74) is 0.0293. The van der Waals surface area contributed by atoms with Gasteiger partial charge in [-0.1, -0.05) is 15.9 Å². The van der Waals surface area contributed by atoms with Gasteiger partial charge in [-0.3, -0.25) is 0 Å². The van der Waals surface area contributed by atoms with Gasteiger partial charge in [0.1, 0.15) is 12.2 Å². The Balaban J connectivity index is 2.04. The van der Waals surface area contributed by atoms with Gasteiger partial charge in [0.25, 0.3) is 0 Å². The predicted octanol–water partition coefficient (Wildman–Crippen LogP) is 2.37. The van der Waals surface area contributed by atoms with E-state index < -0.39 is 23.2 Å². The van der Waals surface area contributed by atoms with E-state index in [9.17, 15) is 13.6 Å². The van der Waals surface area contributed by atoms with Crippen LogP contribution in [0.5, 0.6) is 0 Å². The number of esters is 1. The van der Waals surface area contributed by atoms with Crippen molar-refractivity contribution in [1.82, 2.24) is 0 Å². The maximum atomic E-state index is 13.9. The van der Waals surface area contributed by atoms with Gasteiger partial charge in [0.15, 0.2) is 11.6 Å². The SMILES string of the molecule is O=C(OCCOCCBr)c1cc(N2CCOCC2)cc(F)c1F. The van der Waals surface area contributed by atoms with Gasteiger partial charge in [0.05, 0.1) is 26.4 Å². The number of anilines is 1. The lowest BCUT2D eigenvalue weighted by atomic mass is 10.1. The first-order valence-corrected chi connectivity index (χ1v) is 8.38. The van der Waals surface area contributed by atoms with Crippen molar-refractivity contribution in [2.45, 2.75) is 0 Å². The monoisotopic (exact) mass is 393 g/mol. The molecule has 128 valence electrons. The Kier molecular flexibility index (Phi) is 7.19. The average Bonchev–Trinajstić information content (AvgIpc) is 2.57. The van der Waals surface area contributed by atoms with Crippen LogP contribution in [0, 0.1) is 11.6 Å². The topological polar surface area (TPSA) is 48.0 Å². The van der Waals surface area contributed by atoms with Crippen LogP contribution in [0.25, 0.3) is 0 Å². The summed E-state index contributed by atoms with van der Waals surface area (Å²) in [6.45, 7) is 2.78. The minimum atomic E-state index is -1.20. The molecule has 1 aromatic carbocycles. The number of carbonyl (C=O) groups excluding carboxylic acids is 1. The number of hydrogen-bond donors (Lipinski definition) is 0. The number of morpholine rings is 1. The number of halogens is 3. The first-order valence-electron chi connectivity index (χ1n) is 7.26. The smallest absolute Gasteiger partial charge is 0.341 e. The summed E-state index contributed by atoms with van der Waals surface area (Å²) in [5.74, 6) is -3.18. The van der Waals surface area contributed by atoms with Gasteiger partial charge in [0.2, 0.25) is 0 Å². The molecule has 2 rings (SSSR count). The van der Waals surface area contributed by atoms with E-state index in [1.54, 1.807) is 0 Å². The number of benzene rings is 1. The van der Waals surface area contributed by atoms with E-state index in [-0.39, 0.29) is 13.2 Å². The first kappa shape index (κ1) is 18.1. The predicted molar refractivity (Wildman–Crippen MR) is 84.3 cm³/mol. The molecule has 1 heterocycles. The van der Waals surface area contributed by atoms with Crippen LogP contribution in [0.4, 0.5) is 14.5 Å². The van der Waals surface area contributed by atoms with Crippen molar-refractivity contribution in [1.29, 1.82) is 0 Å². The molecule has 0 saturated carbocycles. The summed E-state index contributed by atoms with van der Waals surface area (Å²) in [6, 6.07) is 2.39. The van der Waals surface area contributed by atoms with E-state index in [4.69, 9.17) is 14.2 Å². The van der Waals surface area contributed by atoms with Gasteiger partial charge in [-0.25, -0.2) is 13.6 Å². The molecule has 0 amide bonds. The number of alkyl halides is 1. The zero-order valence-corrected chi connectivity index (χ0v) is 14.1. The van der Waals surface area contributed by atoms with Gasteiger partial charge >= 0.3 is 5.97 Å². The molecule has 0 bridgehead atoms. The summed E-state index contributed by atoms with van der Waals surface area (Å²) in [5, 5.41) is 0.669. The van der Waals surface area contributed by atoms with Crippen molar-refractivity contribution in [3.8, 4) is 0 Å². The van der Waals surface area contributed by atoms with E-state index in [0.29, 0.717) is 43.9 Å². The number of hydrogen-bond acceptors (Lipinski definition) is 5. The molecule has 5 nitrogen and oxygen atoms in total. The normalized spacial score (nSPS) is 14.8. The summed E-state index contributed by atoms with van der Waals surface area (Å²) < 4.78 is 42.9. The van der Waals surface area contributed by atoms with Crippen LogP contribution in [-0.2, 0) is 14.2 Å². The molecule has 0 unspecified atom stereocenters. The number of nitrogens with zero attached hydrogens (tertiary/aromatic N) is 1. The molecule has 8 heteroatoms. The fourth-order valence-corrected chi connectivity index (χ4v) is 2.38. The molecule has 0 aromatic heterocycles. The van der Waals surface area contributed by atoms with Crippen molar-refractivity contribution >= 4 is 27.6 Å². The maximum absolute atomic E-state index is 13.9. The first-order chi connectivity index (χ1) is 11.1. The quantitative estimate of drug-likeness (QED) is 0.404. The van der Waals surface area contributed by atoms with E-state index in [1.807, 2.05) is 4.90 Å². The molecular formula is C15H18BrF2NO4. The van der Waals surface area contributed by atoms with Crippen LogP contribution in [0.3, 0.4) is 0 Å². The Bertz CT molecular complexity index is 538. The molecule has 1 aliphatic rings. The molecule has 0 radical (unpaired) electrons. The van der Waals surface area contributed by atoms with Crippen molar-refractivity contribution in [2.75, 3.05) is 56.4 Å². The average molecular weight is 394 g/mol. The summed E-state index contributed by atoms with van der Waals surface area (Å²) in [4.78, 5) is 13.8. The fourth-order valence-electron chi connectivity index (χ4n) is 2.16. The highest BCUT2D eigenvalue weighted by Crippen LogP contribution is 2.23. The summed E-state index contributed by atoms with van der Waals surface area (Å²) in [6.07, 6.45) is 0. The minimum absolute atomic E-state index is 0.0192. The maximum Gasteiger partial charge on any atom is 0.341 e. The van der Waals surface area contributed by atoms with Crippen LogP contribution >= 0.6 is 15.9 Å².